The Kier molecular flexibility index (Phi) is 3.86. The minimum atomic E-state index is -0.774. The summed E-state index contributed by atoms with van der Waals surface area (Å²) >= 11 is 3.37. The largest absolute Gasteiger partial charge is 0.481 e. The molecule has 1 N–H and O–H groups in total. The van der Waals surface area contributed by atoms with E-state index >= 15 is 0 Å². The van der Waals surface area contributed by atoms with Crippen LogP contribution in [0.15, 0.2) is 4.34 Å². The number of carboxylic acids is 1. The number of thiazole rings is 1. The summed E-state index contributed by atoms with van der Waals surface area (Å²) < 4.78 is 1.04. The van der Waals surface area contributed by atoms with Crippen molar-refractivity contribution in [2.75, 3.05) is 0 Å². The lowest BCUT2D eigenvalue weighted by atomic mass is 10.3. The summed E-state index contributed by atoms with van der Waals surface area (Å²) in [6.07, 6.45) is 5.30. The van der Waals surface area contributed by atoms with Crippen molar-refractivity contribution >= 4 is 29.1 Å². The van der Waals surface area contributed by atoms with Crippen molar-refractivity contribution in [1.29, 1.82) is 0 Å². The Morgan fingerprint density at radius 2 is 2.25 bits per heavy atom. The standard InChI is InChI=1S/C11H15NO2S2/c1-7-9(6-10(13)14)16-11(12-7)15-8-4-2-3-5-8/h8H,2-6H2,1H3,(H,13,14). The fourth-order valence-electron chi connectivity index (χ4n) is 1.90. The van der Waals surface area contributed by atoms with E-state index in [-0.39, 0.29) is 6.42 Å². The molecule has 0 amide bonds. The predicted molar refractivity (Wildman–Crippen MR) is 66.3 cm³/mol. The number of thioether (sulfide) groups is 1. The van der Waals surface area contributed by atoms with Gasteiger partial charge in [-0.15, -0.1) is 11.3 Å². The summed E-state index contributed by atoms with van der Waals surface area (Å²) in [5.41, 5.74) is 0.882. The third kappa shape index (κ3) is 2.98. The average molecular weight is 257 g/mol. The summed E-state index contributed by atoms with van der Waals surface area (Å²) in [5.74, 6) is -0.774. The maximum Gasteiger partial charge on any atom is 0.308 e. The minimum Gasteiger partial charge on any atom is -0.481 e. The fourth-order valence-corrected chi connectivity index (χ4v) is 4.63. The van der Waals surface area contributed by atoms with Crippen LogP contribution in [0.2, 0.25) is 0 Å². The molecule has 88 valence electrons. The molecule has 0 spiro atoms. The maximum absolute atomic E-state index is 10.6. The highest BCUT2D eigenvalue weighted by Gasteiger charge is 2.19. The van der Waals surface area contributed by atoms with Crippen molar-refractivity contribution in [1.82, 2.24) is 4.98 Å². The van der Waals surface area contributed by atoms with E-state index in [4.69, 9.17) is 5.11 Å². The van der Waals surface area contributed by atoms with Crippen LogP contribution in [0, 0.1) is 6.92 Å². The highest BCUT2D eigenvalue weighted by molar-refractivity contribution is 8.01. The van der Waals surface area contributed by atoms with Crippen LogP contribution < -0.4 is 0 Å². The second-order valence-electron chi connectivity index (χ2n) is 4.08. The van der Waals surface area contributed by atoms with Crippen LogP contribution in [0.5, 0.6) is 0 Å². The summed E-state index contributed by atoms with van der Waals surface area (Å²) in [6.45, 7) is 1.90. The average Bonchev–Trinajstić information content (AvgIpc) is 2.78. The van der Waals surface area contributed by atoms with Gasteiger partial charge in [0.15, 0.2) is 4.34 Å². The zero-order valence-electron chi connectivity index (χ0n) is 9.23. The first-order valence-corrected chi connectivity index (χ1v) is 7.19. The van der Waals surface area contributed by atoms with Crippen molar-refractivity contribution in [3.8, 4) is 0 Å². The Balaban J connectivity index is 2.01. The van der Waals surface area contributed by atoms with Gasteiger partial charge in [0, 0.05) is 10.1 Å². The monoisotopic (exact) mass is 257 g/mol. The highest BCUT2D eigenvalue weighted by atomic mass is 32.2. The van der Waals surface area contributed by atoms with Crippen LogP contribution in [0.1, 0.15) is 36.3 Å². The predicted octanol–water partition coefficient (Wildman–Crippen LogP) is 3.11. The fraction of sp³-hybridized carbons (Fsp3) is 0.636. The first-order valence-electron chi connectivity index (χ1n) is 5.50. The molecular formula is C11H15NO2S2. The lowest BCUT2D eigenvalue weighted by molar-refractivity contribution is -0.136. The van der Waals surface area contributed by atoms with Gasteiger partial charge in [0.1, 0.15) is 0 Å². The first-order chi connectivity index (χ1) is 7.65. The zero-order valence-corrected chi connectivity index (χ0v) is 10.9. The molecule has 1 aromatic heterocycles. The van der Waals surface area contributed by atoms with Crippen molar-refractivity contribution in [2.45, 2.75) is 48.6 Å². The van der Waals surface area contributed by atoms with E-state index in [1.807, 2.05) is 18.7 Å². The Bertz CT molecular complexity index is 383. The molecular weight excluding hydrogens is 242 g/mol. The van der Waals surface area contributed by atoms with E-state index in [1.165, 1.54) is 25.7 Å². The van der Waals surface area contributed by atoms with E-state index in [0.29, 0.717) is 5.25 Å². The molecule has 5 heteroatoms. The number of carbonyl (C=O) groups is 1. The maximum atomic E-state index is 10.6. The lowest BCUT2D eigenvalue weighted by Gasteiger charge is -2.03. The Labute approximate surface area is 103 Å². The Morgan fingerprint density at radius 1 is 1.56 bits per heavy atom. The minimum absolute atomic E-state index is 0.106. The number of hydrogen-bond acceptors (Lipinski definition) is 4. The number of aromatic nitrogens is 1. The molecule has 1 fully saturated rings. The zero-order chi connectivity index (χ0) is 11.5. The number of hydrogen-bond donors (Lipinski definition) is 1. The second-order valence-corrected chi connectivity index (χ2v) is 6.71. The van der Waals surface area contributed by atoms with E-state index in [0.717, 1.165) is 14.9 Å². The van der Waals surface area contributed by atoms with Crippen molar-refractivity contribution in [3.63, 3.8) is 0 Å². The summed E-state index contributed by atoms with van der Waals surface area (Å²) in [7, 11) is 0. The molecule has 0 aromatic carbocycles. The summed E-state index contributed by atoms with van der Waals surface area (Å²) in [6, 6.07) is 0. The van der Waals surface area contributed by atoms with Gasteiger partial charge in [-0.25, -0.2) is 4.98 Å². The SMILES string of the molecule is Cc1nc(SC2CCCC2)sc1CC(=O)O. The third-order valence-electron chi connectivity index (χ3n) is 2.75. The Morgan fingerprint density at radius 3 is 2.88 bits per heavy atom. The van der Waals surface area contributed by atoms with Gasteiger partial charge in [0.05, 0.1) is 12.1 Å². The van der Waals surface area contributed by atoms with Crippen LogP contribution >= 0.6 is 23.1 Å². The molecule has 0 radical (unpaired) electrons. The van der Waals surface area contributed by atoms with Crippen LogP contribution in [0.4, 0.5) is 0 Å². The number of aliphatic carboxylic acids is 1. The molecule has 0 saturated heterocycles. The molecule has 1 aromatic rings. The van der Waals surface area contributed by atoms with Crippen molar-refractivity contribution in [2.24, 2.45) is 0 Å². The molecule has 3 nitrogen and oxygen atoms in total. The molecule has 0 bridgehead atoms. The van der Waals surface area contributed by atoms with Gasteiger partial charge in [-0.05, 0) is 19.8 Å². The molecule has 1 saturated carbocycles. The number of aryl methyl sites for hydroxylation is 1. The topological polar surface area (TPSA) is 50.2 Å². The van der Waals surface area contributed by atoms with Gasteiger partial charge in [0.25, 0.3) is 0 Å². The number of nitrogens with zero attached hydrogens (tertiary/aromatic N) is 1. The van der Waals surface area contributed by atoms with Gasteiger partial charge in [0.2, 0.25) is 0 Å². The van der Waals surface area contributed by atoms with Gasteiger partial charge < -0.3 is 5.11 Å². The quantitative estimate of drug-likeness (QED) is 0.900. The van der Waals surface area contributed by atoms with Crippen molar-refractivity contribution in [3.05, 3.63) is 10.6 Å². The molecule has 0 atom stereocenters. The van der Waals surface area contributed by atoms with E-state index in [2.05, 4.69) is 4.98 Å². The molecule has 2 rings (SSSR count). The smallest absolute Gasteiger partial charge is 0.308 e. The number of carboxylic acid groups (broad SMARTS) is 1. The highest BCUT2D eigenvalue weighted by Crippen LogP contribution is 2.37. The molecule has 1 aliphatic carbocycles. The second kappa shape index (κ2) is 5.19. The lowest BCUT2D eigenvalue weighted by Crippen LogP contribution is -1.99. The molecule has 0 aliphatic heterocycles. The van der Waals surface area contributed by atoms with Crippen molar-refractivity contribution < 1.29 is 9.90 Å². The van der Waals surface area contributed by atoms with Gasteiger partial charge in [-0.3, -0.25) is 4.79 Å². The van der Waals surface area contributed by atoms with Gasteiger partial charge in [-0.2, -0.15) is 0 Å². The summed E-state index contributed by atoms with van der Waals surface area (Å²) in [4.78, 5) is 16.0. The van der Waals surface area contributed by atoms with Crippen LogP contribution in [-0.2, 0) is 11.2 Å². The van der Waals surface area contributed by atoms with E-state index < -0.39 is 5.97 Å². The van der Waals surface area contributed by atoms with Crippen LogP contribution in [-0.4, -0.2) is 21.3 Å². The normalized spacial score (nSPS) is 16.8. The van der Waals surface area contributed by atoms with Crippen LogP contribution in [0.25, 0.3) is 0 Å². The summed E-state index contributed by atoms with van der Waals surface area (Å²) in [5, 5.41) is 9.45. The van der Waals surface area contributed by atoms with E-state index in [1.54, 1.807) is 11.3 Å². The molecule has 0 unspecified atom stereocenters. The van der Waals surface area contributed by atoms with Gasteiger partial charge in [-0.1, -0.05) is 24.6 Å². The molecule has 16 heavy (non-hydrogen) atoms. The first kappa shape index (κ1) is 11.9. The number of rotatable bonds is 4. The molecule has 1 aliphatic rings. The van der Waals surface area contributed by atoms with E-state index in [9.17, 15) is 4.79 Å². The third-order valence-corrected chi connectivity index (χ3v) is 5.34. The molecule has 1 heterocycles. The Hall–Kier alpha value is -0.550. The van der Waals surface area contributed by atoms with Gasteiger partial charge >= 0.3 is 5.97 Å². The van der Waals surface area contributed by atoms with Crippen LogP contribution in [0.3, 0.4) is 0 Å².